The van der Waals surface area contributed by atoms with E-state index >= 15 is 0 Å². The normalized spacial score (nSPS) is 19.6. The van der Waals surface area contributed by atoms with Crippen molar-refractivity contribution in [3.63, 3.8) is 0 Å². The molecule has 1 atom stereocenters. The number of hydrogen-bond donors (Lipinski definition) is 1. The van der Waals surface area contributed by atoms with E-state index < -0.39 is 0 Å². The Morgan fingerprint density at radius 1 is 1.32 bits per heavy atom. The lowest BCUT2D eigenvalue weighted by Crippen LogP contribution is -2.33. The molecule has 2 aromatic rings. The molecule has 100 valence electrons. The molecule has 1 aliphatic heterocycles. The first-order valence-electron chi connectivity index (χ1n) is 6.81. The first-order valence-corrected chi connectivity index (χ1v) is 7.58. The van der Waals surface area contributed by atoms with Crippen molar-refractivity contribution in [3.8, 4) is 11.1 Å². The molecule has 1 unspecified atom stereocenters. The average Bonchev–Trinajstić information content (AvgIpc) is 2.82. The first-order chi connectivity index (χ1) is 9.25. The predicted molar refractivity (Wildman–Crippen MR) is 82.6 cm³/mol. The summed E-state index contributed by atoms with van der Waals surface area (Å²) in [6.45, 7) is 4.55. The molecule has 0 spiro atoms. The molecular weight excluding hydrogens is 254 g/mol. The van der Waals surface area contributed by atoms with Crippen LogP contribution in [0.2, 0.25) is 0 Å². The minimum Gasteiger partial charge on any atom is -0.382 e. The van der Waals surface area contributed by atoms with Gasteiger partial charge in [-0.05, 0) is 35.9 Å². The van der Waals surface area contributed by atoms with E-state index in [-0.39, 0.29) is 0 Å². The summed E-state index contributed by atoms with van der Waals surface area (Å²) in [6, 6.07) is 10.3. The molecule has 2 N–H and O–H groups in total. The van der Waals surface area contributed by atoms with E-state index in [0.717, 1.165) is 24.6 Å². The number of nitrogens with two attached hydrogens (primary N) is 1. The molecule has 0 aliphatic carbocycles. The lowest BCUT2D eigenvalue weighted by molar-refractivity contribution is 0.448. The molecule has 1 saturated heterocycles. The Hall–Kier alpha value is -1.55. The number of hydrogen-bond acceptors (Lipinski definition) is 4. The highest BCUT2D eigenvalue weighted by molar-refractivity contribution is 7.11. The average molecular weight is 273 g/mol. The Morgan fingerprint density at radius 2 is 2.11 bits per heavy atom. The first kappa shape index (κ1) is 12.5. The topological polar surface area (TPSA) is 42.2 Å². The minimum absolute atomic E-state index is 0.657. The number of benzene rings is 1. The van der Waals surface area contributed by atoms with Crippen LogP contribution in [0.25, 0.3) is 11.1 Å². The fourth-order valence-electron chi connectivity index (χ4n) is 2.76. The van der Waals surface area contributed by atoms with Crippen LogP contribution in [-0.2, 0) is 0 Å². The highest BCUT2D eigenvalue weighted by Gasteiger charge is 2.23. The SMILES string of the molecule is CC1CCCN(c2snc(N)c2-c2ccccc2)C1. The van der Waals surface area contributed by atoms with E-state index in [0.29, 0.717) is 5.82 Å². The van der Waals surface area contributed by atoms with Crippen molar-refractivity contribution in [1.82, 2.24) is 4.37 Å². The quantitative estimate of drug-likeness (QED) is 0.908. The van der Waals surface area contributed by atoms with Crippen molar-refractivity contribution >= 4 is 22.4 Å². The minimum atomic E-state index is 0.657. The number of rotatable bonds is 2. The molecule has 0 bridgehead atoms. The van der Waals surface area contributed by atoms with Crippen molar-refractivity contribution in [1.29, 1.82) is 0 Å². The maximum Gasteiger partial charge on any atom is 0.147 e. The highest BCUT2D eigenvalue weighted by Crippen LogP contribution is 2.40. The number of piperidine rings is 1. The van der Waals surface area contributed by atoms with Crippen molar-refractivity contribution in [2.75, 3.05) is 23.7 Å². The summed E-state index contributed by atoms with van der Waals surface area (Å²) in [4.78, 5) is 2.45. The molecular formula is C15H19N3S. The zero-order valence-corrected chi connectivity index (χ0v) is 12.0. The van der Waals surface area contributed by atoms with Gasteiger partial charge >= 0.3 is 0 Å². The molecule has 3 rings (SSSR count). The molecule has 3 nitrogen and oxygen atoms in total. The second-order valence-electron chi connectivity index (χ2n) is 5.31. The third kappa shape index (κ3) is 2.45. The van der Waals surface area contributed by atoms with E-state index in [1.807, 2.05) is 6.07 Å². The molecule has 2 heterocycles. The van der Waals surface area contributed by atoms with Gasteiger partial charge in [0.25, 0.3) is 0 Å². The van der Waals surface area contributed by atoms with Gasteiger partial charge in [0, 0.05) is 13.1 Å². The molecule has 0 saturated carbocycles. The van der Waals surface area contributed by atoms with Crippen LogP contribution in [0, 0.1) is 5.92 Å². The van der Waals surface area contributed by atoms with Gasteiger partial charge in [-0.2, -0.15) is 4.37 Å². The third-order valence-corrected chi connectivity index (χ3v) is 4.63. The fourth-order valence-corrected chi connectivity index (χ4v) is 3.63. The van der Waals surface area contributed by atoms with Crippen molar-refractivity contribution in [3.05, 3.63) is 30.3 Å². The van der Waals surface area contributed by atoms with E-state index in [1.54, 1.807) is 0 Å². The second kappa shape index (κ2) is 5.21. The van der Waals surface area contributed by atoms with Gasteiger partial charge in [-0.3, -0.25) is 0 Å². The van der Waals surface area contributed by atoms with Crippen LogP contribution < -0.4 is 10.6 Å². The molecule has 1 aromatic heterocycles. The number of aromatic nitrogens is 1. The molecule has 4 heteroatoms. The molecule has 1 fully saturated rings. The van der Waals surface area contributed by atoms with Crippen LogP contribution in [-0.4, -0.2) is 17.5 Å². The third-order valence-electron chi connectivity index (χ3n) is 3.71. The summed E-state index contributed by atoms with van der Waals surface area (Å²) in [5.41, 5.74) is 8.37. The molecule has 0 amide bonds. The molecule has 0 radical (unpaired) electrons. The molecule has 1 aliphatic rings. The van der Waals surface area contributed by atoms with Crippen molar-refractivity contribution < 1.29 is 0 Å². The van der Waals surface area contributed by atoms with Gasteiger partial charge in [0.15, 0.2) is 0 Å². The van der Waals surface area contributed by atoms with Crippen molar-refractivity contribution in [2.24, 2.45) is 5.92 Å². The summed E-state index contributed by atoms with van der Waals surface area (Å²) >= 11 is 1.53. The summed E-state index contributed by atoms with van der Waals surface area (Å²) in [5, 5.41) is 1.23. The van der Waals surface area contributed by atoms with Gasteiger partial charge in [-0.15, -0.1) is 0 Å². The van der Waals surface area contributed by atoms with Crippen molar-refractivity contribution in [2.45, 2.75) is 19.8 Å². The predicted octanol–water partition coefficient (Wildman–Crippen LogP) is 3.63. The molecule has 1 aromatic carbocycles. The van der Waals surface area contributed by atoms with Gasteiger partial charge in [0.05, 0.1) is 5.56 Å². The van der Waals surface area contributed by atoms with E-state index in [2.05, 4.69) is 40.5 Å². The van der Waals surface area contributed by atoms with Crippen LogP contribution >= 0.6 is 11.5 Å². The van der Waals surface area contributed by atoms with E-state index in [1.165, 1.54) is 34.9 Å². The Bertz CT molecular complexity index is 550. The fraction of sp³-hybridized carbons (Fsp3) is 0.400. The number of anilines is 2. The zero-order chi connectivity index (χ0) is 13.2. The maximum absolute atomic E-state index is 6.09. The Balaban J connectivity index is 1.99. The van der Waals surface area contributed by atoms with Gasteiger partial charge < -0.3 is 10.6 Å². The Labute approximate surface area is 118 Å². The van der Waals surface area contributed by atoms with E-state index in [4.69, 9.17) is 5.73 Å². The van der Waals surface area contributed by atoms with Crippen LogP contribution in [0.3, 0.4) is 0 Å². The molecule has 19 heavy (non-hydrogen) atoms. The van der Waals surface area contributed by atoms with Crippen LogP contribution in [0.4, 0.5) is 10.8 Å². The largest absolute Gasteiger partial charge is 0.382 e. The monoisotopic (exact) mass is 273 g/mol. The summed E-state index contributed by atoms with van der Waals surface area (Å²) in [5.74, 6) is 1.41. The van der Waals surface area contributed by atoms with Crippen LogP contribution in [0.5, 0.6) is 0 Å². The lowest BCUT2D eigenvalue weighted by atomic mass is 9.99. The smallest absolute Gasteiger partial charge is 0.147 e. The van der Waals surface area contributed by atoms with Gasteiger partial charge in [-0.1, -0.05) is 37.3 Å². The van der Waals surface area contributed by atoms with Gasteiger partial charge in [-0.25, -0.2) is 0 Å². The maximum atomic E-state index is 6.09. The summed E-state index contributed by atoms with van der Waals surface area (Å²) in [7, 11) is 0. The lowest BCUT2D eigenvalue weighted by Gasteiger charge is -2.32. The number of nitrogens with zero attached hydrogens (tertiary/aromatic N) is 2. The van der Waals surface area contributed by atoms with E-state index in [9.17, 15) is 0 Å². The highest BCUT2D eigenvalue weighted by atomic mass is 32.1. The van der Waals surface area contributed by atoms with Crippen LogP contribution in [0.15, 0.2) is 30.3 Å². The standard InChI is InChI=1S/C15H19N3S/c1-11-6-5-9-18(10-11)15-13(14(16)17-19-15)12-7-3-2-4-8-12/h2-4,7-8,11H,5-6,9-10H2,1H3,(H2,16,17). The summed E-state index contributed by atoms with van der Waals surface area (Å²) < 4.78 is 4.37. The van der Waals surface area contributed by atoms with Gasteiger partial charge in [0.1, 0.15) is 10.8 Å². The Kier molecular flexibility index (Phi) is 3.42. The second-order valence-corrected chi connectivity index (χ2v) is 6.06. The number of nitrogen functional groups attached to an aromatic ring is 1. The van der Waals surface area contributed by atoms with Crippen LogP contribution in [0.1, 0.15) is 19.8 Å². The zero-order valence-electron chi connectivity index (χ0n) is 11.2. The Morgan fingerprint density at radius 3 is 2.84 bits per heavy atom. The van der Waals surface area contributed by atoms with Gasteiger partial charge in [0.2, 0.25) is 0 Å². The summed E-state index contributed by atoms with van der Waals surface area (Å²) in [6.07, 6.45) is 2.58.